The Hall–Kier alpha value is -4.20. The Balaban J connectivity index is 4.75. The van der Waals surface area contributed by atoms with Crippen LogP contribution in [0.4, 0.5) is 0 Å². The van der Waals surface area contributed by atoms with Gasteiger partial charge in [-0.05, 0) is 77.0 Å². The second-order valence-electron chi connectivity index (χ2n) is 13.4. The summed E-state index contributed by atoms with van der Waals surface area (Å²) in [5.41, 5.74) is 5.31. The number of ether oxygens (including phenoxy) is 2. The molecule has 0 rings (SSSR count). The number of aliphatic carboxylic acids is 1. The fourth-order valence-corrected chi connectivity index (χ4v) is 5.39. The molecular formula is C46H70NO12P. The van der Waals surface area contributed by atoms with Gasteiger partial charge in [-0.25, -0.2) is 4.57 Å². The molecule has 0 bridgehead atoms. The van der Waals surface area contributed by atoms with E-state index in [9.17, 15) is 34.1 Å². The average Bonchev–Trinajstić information content (AvgIpc) is 3.21. The standard InChI is InChI=1S/C46H70NO12P/c1-3-5-7-8-9-10-11-12-13-14-15-16-20-23-29-35-44(50)56-37-42(38-57-60(54,55)58-39-43(47)46(52)53)59-45(51)36-30-24-28-34-41(49)33-27-22-19-17-18-21-26-32-40(48)31-25-6-4-2/h5-7,9-10,12-13,15-16,18-19,21-22,25-28,32-34,40-43,48-49H,3-4,8,11,14,17,20,23-24,29-31,35-39,47H2,1-2H3,(H,52,53)(H,54,55)/b7-5-,10-9-,13-12-,16-15-,21-18-,22-19-,25-6-,32-26+,33-27+,34-28-/t40-,41-,42+,43-/m0/s1. The normalized spacial score (nSPS) is 16.0. The molecular weight excluding hydrogens is 789 g/mol. The van der Waals surface area contributed by atoms with Gasteiger partial charge in [0.1, 0.15) is 12.6 Å². The number of phosphoric acid groups is 1. The molecule has 0 fully saturated rings. The number of phosphoric ester groups is 1. The van der Waals surface area contributed by atoms with Crippen molar-refractivity contribution in [3.05, 3.63) is 122 Å². The lowest BCUT2D eigenvalue weighted by molar-refractivity contribution is -0.161. The van der Waals surface area contributed by atoms with Crippen molar-refractivity contribution in [2.24, 2.45) is 5.73 Å². The van der Waals surface area contributed by atoms with E-state index in [2.05, 4.69) is 60.1 Å². The fraction of sp³-hybridized carbons (Fsp3) is 0.500. The van der Waals surface area contributed by atoms with Gasteiger partial charge in [0, 0.05) is 12.8 Å². The number of unbranched alkanes of at least 4 members (excludes halogenated alkanes) is 3. The molecule has 0 aliphatic heterocycles. The Morgan fingerprint density at radius 3 is 1.82 bits per heavy atom. The van der Waals surface area contributed by atoms with Gasteiger partial charge in [0.05, 0.1) is 25.4 Å². The van der Waals surface area contributed by atoms with Gasteiger partial charge >= 0.3 is 25.7 Å². The first-order valence-electron chi connectivity index (χ1n) is 20.8. The summed E-state index contributed by atoms with van der Waals surface area (Å²) in [5.74, 6) is -2.67. The highest BCUT2D eigenvalue weighted by atomic mass is 31.2. The van der Waals surface area contributed by atoms with Crippen LogP contribution in [0, 0.1) is 0 Å². The van der Waals surface area contributed by atoms with Crippen molar-refractivity contribution < 1.29 is 57.7 Å². The van der Waals surface area contributed by atoms with Crippen LogP contribution in [0.2, 0.25) is 0 Å². The maximum atomic E-state index is 12.6. The Kier molecular flexibility index (Phi) is 36.2. The Labute approximate surface area is 357 Å². The van der Waals surface area contributed by atoms with Crippen LogP contribution >= 0.6 is 7.82 Å². The Morgan fingerprint density at radius 1 is 0.617 bits per heavy atom. The number of carbonyl (C=O) groups excluding carboxylic acids is 2. The van der Waals surface area contributed by atoms with Gasteiger partial charge in [-0.15, -0.1) is 0 Å². The summed E-state index contributed by atoms with van der Waals surface area (Å²) in [6, 6.07) is -1.57. The molecule has 0 saturated carbocycles. The summed E-state index contributed by atoms with van der Waals surface area (Å²) < 4.78 is 32.4. The molecule has 0 aromatic heterocycles. The average molecular weight is 860 g/mol. The lowest BCUT2D eigenvalue weighted by atomic mass is 10.2. The SMILES string of the molecule is CC/C=C\C/C=C\C/C=C\C/C=C\CCCCC(=O)OC[C@H](COP(=O)(O)OC[C@H](N)C(=O)O)OC(=O)CCC/C=C\[C@@H](O)/C=C/C=C\C/C=C\C=C\[C@@H](O)C/C=C\CC. The molecule has 1 unspecified atom stereocenters. The molecule has 0 heterocycles. The summed E-state index contributed by atoms with van der Waals surface area (Å²) in [6.45, 7) is 2.22. The minimum absolute atomic E-state index is 0.0426. The second-order valence-corrected chi connectivity index (χ2v) is 14.9. The molecule has 0 aliphatic rings. The first-order valence-corrected chi connectivity index (χ1v) is 22.3. The molecule has 336 valence electrons. The van der Waals surface area contributed by atoms with Crippen molar-refractivity contribution in [3.63, 3.8) is 0 Å². The quantitative estimate of drug-likeness (QED) is 0.0131. The molecule has 0 aromatic carbocycles. The Bertz CT molecular complexity index is 1510. The first kappa shape index (κ1) is 55.8. The van der Waals surface area contributed by atoms with E-state index in [1.54, 1.807) is 36.5 Å². The molecule has 0 amide bonds. The molecule has 0 radical (unpaired) electrons. The topological polar surface area (TPSA) is 212 Å². The van der Waals surface area contributed by atoms with Crippen LogP contribution < -0.4 is 5.73 Å². The summed E-state index contributed by atoms with van der Waals surface area (Å²) in [4.78, 5) is 45.9. The van der Waals surface area contributed by atoms with E-state index in [0.29, 0.717) is 32.1 Å². The smallest absolute Gasteiger partial charge is 0.472 e. The lowest BCUT2D eigenvalue weighted by Crippen LogP contribution is -2.34. The highest BCUT2D eigenvalue weighted by molar-refractivity contribution is 7.47. The van der Waals surface area contributed by atoms with Crippen molar-refractivity contribution in [3.8, 4) is 0 Å². The molecule has 0 aromatic rings. The lowest BCUT2D eigenvalue weighted by Gasteiger charge is -2.20. The zero-order valence-corrected chi connectivity index (χ0v) is 36.4. The van der Waals surface area contributed by atoms with Crippen molar-refractivity contribution in [1.82, 2.24) is 0 Å². The second kappa shape index (κ2) is 39.0. The first-order chi connectivity index (χ1) is 28.9. The summed E-state index contributed by atoms with van der Waals surface area (Å²) in [7, 11) is -4.79. The van der Waals surface area contributed by atoms with Crippen LogP contribution in [0.1, 0.15) is 104 Å². The summed E-state index contributed by atoms with van der Waals surface area (Å²) in [5, 5.41) is 28.9. The van der Waals surface area contributed by atoms with E-state index in [0.717, 1.165) is 44.9 Å². The van der Waals surface area contributed by atoms with E-state index < -0.39 is 69.9 Å². The summed E-state index contributed by atoms with van der Waals surface area (Å²) in [6.07, 6.45) is 44.9. The van der Waals surface area contributed by atoms with Gasteiger partial charge in [0.15, 0.2) is 6.10 Å². The van der Waals surface area contributed by atoms with Crippen molar-refractivity contribution in [2.75, 3.05) is 19.8 Å². The number of esters is 2. The predicted molar refractivity (Wildman–Crippen MR) is 238 cm³/mol. The zero-order chi connectivity index (χ0) is 44.5. The minimum atomic E-state index is -4.79. The largest absolute Gasteiger partial charge is 0.480 e. The van der Waals surface area contributed by atoms with E-state index in [-0.39, 0.29) is 12.8 Å². The number of rotatable bonds is 36. The summed E-state index contributed by atoms with van der Waals surface area (Å²) >= 11 is 0. The number of nitrogens with two attached hydrogens (primary N) is 1. The van der Waals surface area contributed by atoms with Gasteiger partial charge in [0.2, 0.25) is 0 Å². The van der Waals surface area contributed by atoms with E-state index in [1.807, 2.05) is 43.4 Å². The monoisotopic (exact) mass is 859 g/mol. The van der Waals surface area contributed by atoms with E-state index >= 15 is 0 Å². The maximum absolute atomic E-state index is 12.6. The molecule has 6 N–H and O–H groups in total. The number of hydrogen-bond donors (Lipinski definition) is 5. The van der Waals surface area contributed by atoms with Gasteiger partial charge in [0.25, 0.3) is 0 Å². The molecule has 60 heavy (non-hydrogen) atoms. The van der Waals surface area contributed by atoms with Crippen LogP contribution in [-0.2, 0) is 37.5 Å². The number of allylic oxidation sites excluding steroid dienone is 16. The van der Waals surface area contributed by atoms with Crippen LogP contribution in [-0.4, -0.2) is 82.3 Å². The number of carboxylic acids is 1. The van der Waals surface area contributed by atoms with Crippen molar-refractivity contribution >= 4 is 25.7 Å². The molecule has 0 spiro atoms. The number of aliphatic hydroxyl groups is 2. The third-order valence-electron chi connectivity index (χ3n) is 7.88. The molecule has 0 aliphatic carbocycles. The number of carbonyl (C=O) groups is 3. The van der Waals surface area contributed by atoms with Gasteiger partial charge in [-0.2, -0.15) is 0 Å². The van der Waals surface area contributed by atoms with Crippen LogP contribution in [0.15, 0.2) is 122 Å². The third-order valence-corrected chi connectivity index (χ3v) is 8.83. The molecule has 0 saturated heterocycles. The molecule has 5 atom stereocenters. The van der Waals surface area contributed by atoms with E-state index in [4.69, 9.17) is 24.8 Å². The van der Waals surface area contributed by atoms with Gasteiger partial charge in [-0.3, -0.25) is 23.4 Å². The van der Waals surface area contributed by atoms with Crippen molar-refractivity contribution in [1.29, 1.82) is 0 Å². The van der Waals surface area contributed by atoms with E-state index in [1.165, 1.54) is 0 Å². The predicted octanol–water partition coefficient (Wildman–Crippen LogP) is 8.77. The third kappa shape index (κ3) is 38.0. The van der Waals surface area contributed by atoms with Crippen molar-refractivity contribution in [2.45, 2.75) is 128 Å². The number of hydrogen-bond acceptors (Lipinski definition) is 11. The van der Waals surface area contributed by atoms with Crippen LogP contribution in [0.25, 0.3) is 0 Å². The number of carboxylic acid groups (broad SMARTS) is 1. The van der Waals surface area contributed by atoms with Gasteiger partial charge < -0.3 is 35.4 Å². The molecule has 14 heteroatoms. The van der Waals surface area contributed by atoms with Crippen LogP contribution in [0.3, 0.4) is 0 Å². The van der Waals surface area contributed by atoms with Crippen LogP contribution in [0.5, 0.6) is 0 Å². The minimum Gasteiger partial charge on any atom is -0.480 e. The molecule has 13 nitrogen and oxygen atoms in total. The highest BCUT2D eigenvalue weighted by Gasteiger charge is 2.28. The highest BCUT2D eigenvalue weighted by Crippen LogP contribution is 2.43. The Morgan fingerprint density at radius 2 is 1.17 bits per heavy atom. The zero-order valence-electron chi connectivity index (χ0n) is 35.5. The maximum Gasteiger partial charge on any atom is 0.472 e. The van der Waals surface area contributed by atoms with Gasteiger partial charge in [-0.1, -0.05) is 135 Å². The number of aliphatic hydroxyl groups excluding tert-OH is 2. The fourth-order valence-electron chi connectivity index (χ4n) is 4.62.